The van der Waals surface area contributed by atoms with Crippen LogP contribution in [0.15, 0.2) is 42.5 Å². The Kier molecular flexibility index (Phi) is 5.99. The molecule has 2 amide bonds. The van der Waals surface area contributed by atoms with Crippen molar-refractivity contribution in [3.63, 3.8) is 0 Å². The quantitative estimate of drug-likeness (QED) is 0.904. The van der Waals surface area contributed by atoms with E-state index >= 15 is 0 Å². The second-order valence-corrected chi connectivity index (χ2v) is 6.38. The Morgan fingerprint density at radius 1 is 1.08 bits per heavy atom. The lowest BCUT2D eigenvalue weighted by Crippen LogP contribution is -2.37. The molecular weight excluding hydrogens is 324 g/mol. The molecule has 5 heteroatoms. The third-order valence-electron chi connectivity index (χ3n) is 3.62. The summed E-state index contributed by atoms with van der Waals surface area (Å²) in [6.07, 6.45) is 0. The van der Waals surface area contributed by atoms with Crippen LogP contribution in [-0.2, 0) is 11.3 Å². The average Bonchev–Trinajstić information content (AvgIpc) is 2.51. The predicted octanol–water partition coefficient (Wildman–Crippen LogP) is 3.35. The first-order chi connectivity index (χ1) is 11.3. The lowest BCUT2D eigenvalue weighted by molar-refractivity contribution is -0.129. The molecule has 0 bridgehead atoms. The fraction of sp³-hybridized carbons (Fsp3) is 0.263. The highest BCUT2D eigenvalue weighted by molar-refractivity contribution is 6.30. The van der Waals surface area contributed by atoms with Gasteiger partial charge in [-0.05, 0) is 43.7 Å². The molecule has 0 radical (unpaired) electrons. The number of carbonyl (C=O) groups excluding carboxylic acids is 2. The molecule has 24 heavy (non-hydrogen) atoms. The molecule has 2 aromatic rings. The first kappa shape index (κ1) is 18.0. The maximum absolute atomic E-state index is 12.2. The number of nitrogens with zero attached hydrogens (tertiary/aromatic N) is 1. The van der Waals surface area contributed by atoms with Gasteiger partial charge in [0.15, 0.2) is 0 Å². The SMILES string of the molecule is Cc1cc(C)cc(C(=O)NCC(=O)N(C)Cc2cccc(Cl)c2)c1. The predicted molar refractivity (Wildman–Crippen MR) is 96.2 cm³/mol. The van der Waals surface area contributed by atoms with Crippen LogP contribution in [0.2, 0.25) is 5.02 Å². The average molecular weight is 345 g/mol. The lowest BCUT2D eigenvalue weighted by Gasteiger charge is -2.18. The Hall–Kier alpha value is -2.33. The minimum atomic E-state index is -0.244. The van der Waals surface area contributed by atoms with Gasteiger partial charge < -0.3 is 10.2 Å². The van der Waals surface area contributed by atoms with Crippen LogP contribution >= 0.6 is 11.6 Å². The second-order valence-electron chi connectivity index (χ2n) is 5.94. The van der Waals surface area contributed by atoms with Crippen molar-refractivity contribution in [1.82, 2.24) is 10.2 Å². The summed E-state index contributed by atoms with van der Waals surface area (Å²) < 4.78 is 0. The van der Waals surface area contributed by atoms with Gasteiger partial charge in [0.05, 0.1) is 6.54 Å². The van der Waals surface area contributed by atoms with E-state index in [4.69, 9.17) is 11.6 Å². The Morgan fingerprint density at radius 2 is 1.75 bits per heavy atom. The first-order valence-electron chi connectivity index (χ1n) is 7.70. The van der Waals surface area contributed by atoms with E-state index in [1.54, 1.807) is 18.0 Å². The van der Waals surface area contributed by atoms with Crippen molar-refractivity contribution in [3.8, 4) is 0 Å². The van der Waals surface area contributed by atoms with Crippen molar-refractivity contribution in [2.45, 2.75) is 20.4 Å². The van der Waals surface area contributed by atoms with Crippen LogP contribution in [0, 0.1) is 13.8 Å². The first-order valence-corrected chi connectivity index (χ1v) is 8.08. The number of likely N-dealkylation sites (N-methyl/N-ethyl adjacent to an activating group) is 1. The summed E-state index contributed by atoms with van der Waals surface area (Å²) in [7, 11) is 1.70. The van der Waals surface area contributed by atoms with Gasteiger partial charge in [-0.25, -0.2) is 0 Å². The Labute approximate surface area is 147 Å². The summed E-state index contributed by atoms with van der Waals surface area (Å²) in [5, 5.41) is 3.31. The molecule has 2 rings (SSSR count). The summed E-state index contributed by atoms with van der Waals surface area (Å²) in [5.41, 5.74) is 3.55. The summed E-state index contributed by atoms with van der Waals surface area (Å²) in [4.78, 5) is 25.9. The number of aryl methyl sites for hydroxylation is 2. The van der Waals surface area contributed by atoms with Crippen LogP contribution in [-0.4, -0.2) is 30.3 Å². The van der Waals surface area contributed by atoms with Crippen molar-refractivity contribution >= 4 is 23.4 Å². The molecule has 0 aliphatic carbocycles. The maximum atomic E-state index is 12.2. The van der Waals surface area contributed by atoms with Crippen molar-refractivity contribution < 1.29 is 9.59 Å². The normalized spacial score (nSPS) is 10.3. The number of benzene rings is 2. The number of hydrogen-bond donors (Lipinski definition) is 1. The molecule has 126 valence electrons. The van der Waals surface area contributed by atoms with Crippen molar-refractivity contribution in [2.24, 2.45) is 0 Å². The molecular formula is C19H21ClN2O2. The summed E-state index contributed by atoms with van der Waals surface area (Å²) >= 11 is 5.94. The third-order valence-corrected chi connectivity index (χ3v) is 3.85. The molecule has 0 aromatic heterocycles. The molecule has 2 aromatic carbocycles. The highest BCUT2D eigenvalue weighted by Gasteiger charge is 2.12. The number of carbonyl (C=O) groups is 2. The monoisotopic (exact) mass is 344 g/mol. The molecule has 0 saturated heterocycles. The molecule has 0 aliphatic rings. The number of hydrogen-bond acceptors (Lipinski definition) is 2. The zero-order valence-electron chi connectivity index (χ0n) is 14.1. The summed E-state index contributed by atoms with van der Waals surface area (Å²) in [6.45, 7) is 4.28. The molecule has 0 spiro atoms. The minimum Gasteiger partial charge on any atom is -0.343 e. The van der Waals surface area contributed by atoms with E-state index in [1.807, 2.05) is 50.2 Å². The second kappa shape index (κ2) is 7.97. The molecule has 0 saturated carbocycles. The molecule has 0 fully saturated rings. The van der Waals surface area contributed by atoms with Crippen LogP contribution in [0.25, 0.3) is 0 Å². The largest absolute Gasteiger partial charge is 0.343 e. The molecule has 0 heterocycles. The molecule has 0 aliphatic heterocycles. The maximum Gasteiger partial charge on any atom is 0.251 e. The Balaban J connectivity index is 1.91. The van der Waals surface area contributed by atoms with Gasteiger partial charge in [-0.2, -0.15) is 0 Å². The van der Waals surface area contributed by atoms with Gasteiger partial charge in [-0.3, -0.25) is 9.59 Å². The number of halogens is 1. The van der Waals surface area contributed by atoms with E-state index in [0.29, 0.717) is 17.1 Å². The van der Waals surface area contributed by atoms with E-state index in [0.717, 1.165) is 16.7 Å². The van der Waals surface area contributed by atoms with Crippen molar-refractivity contribution in [1.29, 1.82) is 0 Å². The van der Waals surface area contributed by atoms with Gasteiger partial charge in [0, 0.05) is 24.2 Å². The Bertz CT molecular complexity index is 739. The van der Waals surface area contributed by atoms with Crippen molar-refractivity contribution in [2.75, 3.05) is 13.6 Å². The fourth-order valence-electron chi connectivity index (χ4n) is 2.50. The minimum absolute atomic E-state index is 0.0388. The van der Waals surface area contributed by atoms with E-state index in [9.17, 15) is 9.59 Å². The van der Waals surface area contributed by atoms with Crippen molar-refractivity contribution in [3.05, 3.63) is 69.7 Å². The number of rotatable bonds is 5. The van der Waals surface area contributed by atoms with Crippen LogP contribution in [0.5, 0.6) is 0 Å². The lowest BCUT2D eigenvalue weighted by atomic mass is 10.1. The van der Waals surface area contributed by atoms with Crippen LogP contribution in [0.4, 0.5) is 0 Å². The third kappa shape index (κ3) is 5.10. The van der Waals surface area contributed by atoms with Gasteiger partial charge in [0.1, 0.15) is 0 Å². The van der Waals surface area contributed by atoms with Gasteiger partial charge >= 0.3 is 0 Å². The molecule has 0 unspecified atom stereocenters. The Morgan fingerprint density at radius 3 is 2.38 bits per heavy atom. The van der Waals surface area contributed by atoms with Crippen LogP contribution in [0.1, 0.15) is 27.0 Å². The van der Waals surface area contributed by atoms with Gasteiger partial charge in [-0.15, -0.1) is 0 Å². The van der Waals surface area contributed by atoms with E-state index in [2.05, 4.69) is 5.32 Å². The molecule has 1 N–H and O–H groups in total. The standard InChI is InChI=1S/C19H21ClN2O2/c1-13-7-14(2)9-16(8-13)19(24)21-11-18(23)22(3)12-15-5-4-6-17(20)10-15/h4-10H,11-12H2,1-3H3,(H,21,24). The fourth-order valence-corrected chi connectivity index (χ4v) is 2.71. The highest BCUT2D eigenvalue weighted by atomic mass is 35.5. The molecule has 4 nitrogen and oxygen atoms in total. The van der Waals surface area contributed by atoms with Gasteiger partial charge in [-0.1, -0.05) is 40.9 Å². The van der Waals surface area contributed by atoms with Gasteiger partial charge in [0.25, 0.3) is 5.91 Å². The summed E-state index contributed by atoms with van der Waals surface area (Å²) in [5.74, 6) is -0.404. The number of nitrogens with one attached hydrogen (secondary N) is 1. The highest BCUT2D eigenvalue weighted by Crippen LogP contribution is 2.12. The zero-order chi connectivity index (χ0) is 17.7. The molecule has 0 atom stereocenters. The number of amides is 2. The van der Waals surface area contributed by atoms with Crippen LogP contribution < -0.4 is 5.32 Å². The van der Waals surface area contributed by atoms with Crippen LogP contribution in [0.3, 0.4) is 0 Å². The zero-order valence-corrected chi connectivity index (χ0v) is 14.9. The van der Waals surface area contributed by atoms with E-state index < -0.39 is 0 Å². The van der Waals surface area contributed by atoms with E-state index in [1.165, 1.54) is 0 Å². The van der Waals surface area contributed by atoms with E-state index in [-0.39, 0.29) is 18.4 Å². The topological polar surface area (TPSA) is 49.4 Å². The smallest absolute Gasteiger partial charge is 0.251 e. The van der Waals surface area contributed by atoms with Gasteiger partial charge in [0.2, 0.25) is 5.91 Å². The summed E-state index contributed by atoms with van der Waals surface area (Å²) in [6, 6.07) is 13.0.